The SMILES string of the molecule is COC(=O)C(C)O[C@H]1CCCNC1. The molecule has 0 aromatic rings. The molecule has 4 nitrogen and oxygen atoms in total. The van der Waals surface area contributed by atoms with Crippen LogP contribution in [0.15, 0.2) is 0 Å². The number of piperidine rings is 1. The van der Waals surface area contributed by atoms with Crippen LogP contribution in [0, 0.1) is 0 Å². The normalized spacial score (nSPS) is 25.2. The molecule has 4 heteroatoms. The summed E-state index contributed by atoms with van der Waals surface area (Å²) in [5.41, 5.74) is 0. The summed E-state index contributed by atoms with van der Waals surface area (Å²) in [4.78, 5) is 11.0. The standard InChI is InChI=1S/C9H17NO3/c1-7(9(11)12-2)13-8-4-3-5-10-6-8/h7-8,10H,3-6H2,1-2H3/t7?,8-/m0/s1. The lowest BCUT2D eigenvalue weighted by Gasteiger charge is -2.25. The lowest BCUT2D eigenvalue weighted by molar-refractivity contribution is -0.157. The number of ether oxygens (including phenoxy) is 2. The van der Waals surface area contributed by atoms with Crippen LogP contribution in [0.2, 0.25) is 0 Å². The number of esters is 1. The van der Waals surface area contributed by atoms with Crippen LogP contribution in [0.1, 0.15) is 19.8 Å². The smallest absolute Gasteiger partial charge is 0.334 e. The number of nitrogens with one attached hydrogen (secondary N) is 1. The second kappa shape index (κ2) is 5.19. The summed E-state index contributed by atoms with van der Waals surface area (Å²) in [5.74, 6) is -0.300. The zero-order valence-corrected chi connectivity index (χ0v) is 8.21. The highest BCUT2D eigenvalue weighted by molar-refractivity contribution is 5.73. The van der Waals surface area contributed by atoms with Gasteiger partial charge in [0.15, 0.2) is 6.10 Å². The molecule has 2 atom stereocenters. The molecule has 0 bridgehead atoms. The van der Waals surface area contributed by atoms with E-state index in [1.807, 2.05) is 0 Å². The van der Waals surface area contributed by atoms with E-state index in [0.29, 0.717) is 0 Å². The van der Waals surface area contributed by atoms with Crippen LogP contribution < -0.4 is 5.32 Å². The van der Waals surface area contributed by atoms with Crippen molar-refractivity contribution < 1.29 is 14.3 Å². The Bertz CT molecular complexity index is 166. The maximum Gasteiger partial charge on any atom is 0.334 e. The van der Waals surface area contributed by atoms with Gasteiger partial charge in [0.2, 0.25) is 0 Å². The van der Waals surface area contributed by atoms with Crippen molar-refractivity contribution in [3.63, 3.8) is 0 Å². The van der Waals surface area contributed by atoms with Crippen molar-refractivity contribution in [1.82, 2.24) is 5.32 Å². The second-order valence-electron chi connectivity index (χ2n) is 3.27. The molecule has 76 valence electrons. The highest BCUT2D eigenvalue weighted by Gasteiger charge is 2.20. The molecule has 1 aliphatic rings. The number of hydrogen-bond acceptors (Lipinski definition) is 4. The van der Waals surface area contributed by atoms with Crippen LogP contribution >= 0.6 is 0 Å². The summed E-state index contributed by atoms with van der Waals surface area (Å²) >= 11 is 0. The van der Waals surface area contributed by atoms with E-state index in [0.717, 1.165) is 25.9 Å². The molecular formula is C9H17NO3. The van der Waals surface area contributed by atoms with Gasteiger partial charge in [-0.2, -0.15) is 0 Å². The van der Waals surface area contributed by atoms with Gasteiger partial charge in [0.25, 0.3) is 0 Å². The average molecular weight is 187 g/mol. The van der Waals surface area contributed by atoms with Gasteiger partial charge in [0.1, 0.15) is 0 Å². The first-order chi connectivity index (χ1) is 6.24. The molecule has 1 saturated heterocycles. The van der Waals surface area contributed by atoms with Crippen molar-refractivity contribution in [2.75, 3.05) is 20.2 Å². The van der Waals surface area contributed by atoms with Crippen LogP contribution in [0.25, 0.3) is 0 Å². The summed E-state index contributed by atoms with van der Waals surface area (Å²) in [6.45, 7) is 3.61. The molecule has 0 aromatic heterocycles. The Hall–Kier alpha value is -0.610. The molecular weight excluding hydrogens is 170 g/mol. The third-order valence-electron chi connectivity index (χ3n) is 2.18. The zero-order valence-electron chi connectivity index (χ0n) is 8.21. The fourth-order valence-electron chi connectivity index (χ4n) is 1.45. The number of hydrogen-bond donors (Lipinski definition) is 1. The fraction of sp³-hybridized carbons (Fsp3) is 0.889. The topological polar surface area (TPSA) is 47.6 Å². The van der Waals surface area contributed by atoms with E-state index in [4.69, 9.17) is 4.74 Å². The fourth-order valence-corrected chi connectivity index (χ4v) is 1.45. The van der Waals surface area contributed by atoms with E-state index < -0.39 is 6.10 Å². The Morgan fingerprint density at radius 3 is 2.92 bits per heavy atom. The van der Waals surface area contributed by atoms with Crippen molar-refractivity contribution in [2.24, 2.45) is 0 Å². The van der Waals surface area contributed by atoms with Crippen LogP contribution in [0.5, 0.6) is 0 Å². The lowest BCUT2D eigenvalue weighted by Crippen LogP contribution is -2.39. The summed E-state index contributed by atoms with van der Waals surface area (Å²) in [6, 6.07) is 0. The van der Waals surface area contributed by atoms with Gasteiger partial charge in [-0.15, -0.1) is 0 Å². The molecule has 0 aliphatic carbocycles. The van der Waals surface area contributed by atoms with Crippen LogP contribution in [-0.4, -0.2) is 38.4 Å². The van der Waals surface area contributed by atoms with Crippen molar-refractivity contribution in [3.05, 3.63) is 0 Å². The number of carbonyl (C=O) groups is 1. The van der Waals surface area contributed by atoms with Crippen molar-refractivity contribution in [3.8, 4) is 0 Å². The zero-order chi connectivity index (χ0) is 9.68. The van der Waals surface area contributed by atoms with E-state index >= 15 is 0 Å². The first-order valence-corrected chi connectivity index (χ1v) is 4.68. The molecule has 1 unspecified atom stereocenters. The predicted molar refractivity (Wildman–Crippen MR) is 48.5 cm³/mol. The third-order valence-corrected chi connectivity index (χ3v) is 2.18. The minimum atomic E-state index is -0.449. The Kier molecular flexibility index (Phi) is 4.18. The van der Waals surface area contributed by atoms with Gasteiger partial charge < -0.3 is 14.8 Å². The quantitative estimate of drug-likeness (QED) is 0.646. The largest absolute Gasteiger partial charge is 0.467 e. The first-order valence-electron chi connectivity index (χ1n) is 4.68. The van der Waals surface area contributed by atoms with Gasteiger partial charge in [-0.25, -0.2) is 4.79 Å². The Labute approximate surface area is 78.6 Å². The molecule has 0 spiro atoms. The summed E-state index contributed by atoms with van der Waals surface area (Å²) in [7, 11) is 1.38. The molecule has 1 fully saturated rings. The van der Waals surface area contributed by atoms with Gasteiger partial charge in [-0.3, -0.25) is 0 Å². The van der Waals surface area contributed by atoms with Crippen LogP contribution in [0.3, 0.4) is 0 Å². The van der Waals surface area contributed by atoms with Crippen molar-refractivity contribution >= 4 is 5.97 Å². The number of rotatable bonds is 3. The summed E-state index contributed by atoms with van der Waals surface area (Å²) in [5, 5.41) is 3.22. The second-order valence-corrected chi connectivity index (χ2v) is 3.27. The van der Waals surface area contributed by atoms with E-state index in [1.54, 1.807) is 6.92 Å². The van der Waals surface area contributed by atoms with Gasteiger partial charge in [0, 0.05) is 6.54 Å². The highest BCUT2D eigenvalue weighted by atomic mass is 16.6. The van der Waals surface area contributed by atoms with E-state index in [1.165, 1.54) is 7.11 Å². The summed E-state index contributed by atoms with van der Waals surface area (Å²) in [6.07, 6.45) is 1.84. The van der Waals surface area contributed by atoms with Gasteiger partial charge in [0.05, 0.1) is 13.2 Å². The average Bonchev–Trinajstić information content (AvgIpc) is 2.18. The molecule has 0 amide bonds. The van der Waals surface area contributed by atoms with Gasteiger partial charge in [-0.1, -0.05) is 0 Å². The summed E-state index contributed by atoms with van der Waals surface area (Å²) < 4.78 is 10.1. The maximum absolute atomic E-state index is 11.0. The van der Waals surface area contributed by atoms with Crippen molar-refractivity contribution in [1.29, 1.82) is 0 Å². The molecule has 1 rings (SSSR count). The Morgan fingerprint density at radius 2 is 2.38 bits per heavy atom. The highest BCUT2D eigenvalue weighted by Crippen LogP contribution is 2.09. The molecule has 0 aromatic carbocycles. The van der Waals surface area contributed by atoms with Gasteiger partial charge >= 0.3 is 5.97 Å². The molecule has 1 heterocycles. The first kappa shape index (κ1) is 10.5. The molecule has 1 N–H and O–H groups in total. The van der Waals surface area contributed by atoms with Crippen LogP contribution in [-0.2, 0) is 14.3 Å². The van der Waals surface area contributed by atoms with Gasteiger partial charge in [-0.05, 0) is 26.3 Å². The maximum atomic E-state index is 11.0. The minimum absolute atomic E-state index is 0.155. The minimum Gasteiger partial charge on any atom is -0.467 e. The Morgan fingerprint density at radius 1 is 1.62 bits per heavy atom. The Balaban J connectivity index is 2.25. The predicted octanol–water partition coefficient (Wildman–Crippen LogP) is 0.316. The third kappa shape index (κ3) is 3.32. The molecule has 0 saturated carbocycles. The van der Waals surface area contributed by atoms with Crippen LogP contribution in [0.4, 0.5) is 0 Å². The monoisotopic (exact) mass is 187 g/mol. The van der Waals surface area contributed by atoms with E-state index in [2.05, 4.69) is 10.1 Å². The molecule has 0 radical (unpaired) electrons. The van der Waals surface area contributed by atoms with Crippen molar-refractivity contribution in [2.45, 2.75) is 32.0 Å². The van der Waals surface area contributed by atoms with E-state index in [9.17, 15) is 4.79 Å². The number of methoxy groups -OCH3 is 1. The molecule has 1 aliphatic heterocycles. The lowest BCUT2D eigenvalue weighted by atomic mass is 10.1. The number of carbonyl (C=O) groups excluding carboxylic acids is 1. The van der Waals surface area contributed by atoms with E-state index in [-0.39, 0.29) is 12.1 Å². The molecule has 13 heavy (non-hydrogen) atoms.